The Balaban J connectivity index is 2.39. The smallest absolute Gasteiger partial charge is 0.433 e. The molecular formula is C12H7ClF4N2O. The minimum absolute atomic E-state index is 0.243. The van der Waals surface area contributed by atoms with Crippen LogP contribution in [0.4, 0.5) is 17.6 Å². The molecule has 0 saturated heterocycles. The summed E-state index contributed by atoms with van der Waals surface area (Å²) in [4.78, 5) is 6.52. The quantitative estimate of drug-likeness (QED) is 0.610. The molecule has 0 aliphatic rings. The van der Waals surface area contributed by atoms with Crippen molar-refractivity contribution in [3.63, 3.8) is 0 Å². The van der Waals surface area contributed by atoms with Crippen molar-refractivity contribution in [3.8, 4) is 11.6 Å². The lowest BCUT2D eigenvalue weighted by molar-refractivity contribution is -0.141. The fraction of sp³-hybridized carbons (Fsp3) is 0.167. The van der Waals surface area contributed by atoms with Crippen LogP contribution in [-0.2, 0) is 6.18 Å². The Bertz CT molecular complexity index is 646. The number of alkyl halides is 3. The fourth-order valence-corrected chi connectivity index (χ4v) is 1.57. The monoisotopic (exact) mass is 306 g/mol. The molecule has 2 rings (SSSR count). The van der Waals surface area contributed by atoms with E-state index in [1.54, 1.807) is 6.92 Å². The third kappa shape index (κ3) is 3.36. The topological polar surface area (TPSA) is 35.0 Å². The summed E-state index contributed by atoms with van der Waals surface area (Å²) < 4.78 is 56.1. The number of rotatable bonds is 2. The highest BCUT2D eigenvalue weighted by Gasteiger charge is 2.34. The molecule has 0 amide bonds. The summed E-state index contributed by atoms with van der Waals surface area (Å²) in [6, 6.07) is 4.51. The highest BCUT2D eigenvalue weighted by Crippen LogP contribution is 2.32. The van der Waals surface area contributed by atoms with Crippen molar-refractivity contribution in [3.05, 3.63) is 46.6 Å². The summed E-state index contributed by atoms with van der Waals surface area (Å²) in [6.45, 7) is 1.68. The number of aryl methyl sites for hydroxylation is 1. The molecule has 1 heterocycles. The van der Waals surface area contributed by atoms with E-state index in [-0.39, 0.29) is 5.75 Å². The number of hydrogen-bond acceptors (Lipinski definition) is 3. The van der Waals surface area contributed by atoms with E-state index in [0.717, 1.165) is 6.07 Å². The molecular weight excluding hydrogens is 300 g/mol. The van der Waals surface area contributed by atoms with Crippen molar-refractivity contribution < 1.29 is 22.3 Å². The zero-order valence-electron chi connectivity index (χ0n) is 10.0. The molecule has 0 bridgehead atoms. The summed E-state index contributed by atoms with van der Waals surface area (Å²) in [5.74, 6) is -1.45. The van der Waals surface area contributed by atoms with E-state index in [9.17, 15) is 17.6 Å². The number of benzene rings is 1. The third-order valence-electron chi connectivity index (χ3n) is 2.27. The molecule has 1 aromatic heterocycles. The summed E-state index contributed by atoms with van der Waals surface area (Å²) in [6.07, 6.45) is -4.70. The normalized spacial score (nSPS) is 11.5. The summed E-state index contributed by atoms with van der Waals surface area (Å²) in [5.41, 5.74) is -0.585. The summed E-state index contributed by atoms with van der Waals surface area (Å²) >= 11 is 5.40. The maximum Gasteiger partial charge on any atom is 0.433 e. The highest BCUT2D eigenvalue weighted by molar-refractivity contribution is 6.28. The Hall–Kier alpha value is -1.89. The molecule has 0 fully saturated rings. The lowest BCUT2D eigenvalue weighted by Crippen LogP contribution is -2.09. The van der Waals surface area contributed by atoms with Crippen molar-refractivity contribution in [1.29, 1.82) is 0 Å². The Morgan fingerprint density at radius 3 is 2.50 bits per heavy atom. The summed E-state index contributed by atoms with van der Waals surface area (Å²) in [5, 5.41) is -0.636. The number of ether oxygens (including phenoxy) is 1. The standard InChI is InChI=1S/C12H7ClF4N2O/c1-6-2-3-7(14)8(4-6)20-10-5-9(12(15,16)17)18-11(13)19-10/h2-5H,1H3. The predicted molar refractivity (Wildman–Crippen MR) is 63.3 cm³/mol. The SMILES string of the molecule is Cc1ccc(F)c(Oc2cc(C(F)(F)F)nc(Cl)n2)c1. The van der Waals surface area contributed by atoms with E-state index in [1.165, 1.54) is 12.1 Å². The average Bonchev–Trinajstić information content (AvgIpc) is 2.32. The maximum atomic E-state index is 13.5. The van der Waals surface area contributed by atoms with Crippen LogP contribution in [0.25, 0.3) is 0 Å². The molecule has 0 N–H and O–H groups in total. The minimum atomic E-state index is -4.70. The van der Waals surface area contributed by atoms with Gasteiger partial charge in [-0.3, -0.25) is 0 Å². The van der Waals surface area contributed by atoms with E-state index in [1.807, 2.05) is 0 Å². The molecule has 1 aromatic carbocycles. The fourth-order valence-electron chi connectivity index (χ4n) is 1.40. The predicted octanol–water partition coefficient (Wildman–Crippen LogP) is 4.39. The van der Waals surface area contributed by atoms with Crippen LogP contribution in [0.3, 0.4) is 0 Å². The van der Waals surface area contributed by atoms with Gasteiger partial charge in [0.25, 0.3) is 0 Å². The van der Waals surface area contributed by atoms with Crippen molar-refractivity contribution in [2.75, 3.05) is 0 Å². The van der Waals surface area contributed by atoms with Gasteiger partial charge in [0.2, 0.25) is 11.2 Å². The van der Waals surface area contributed by atoms with Gasteiger partial charge in [-0.25, -0.2) is 9.37 Å². The molecule has 0 saturated carbocycles. The van der Waals surface area contributed by atoms with Crippen LogP contribution in [0.1, 0.15) is 11.3 Å². The molecule has 0 spiro atoms. The number of hydrogen-bond donors (Lipinski definition) is 0. The third-order valence-corrected chi connectivity index (χ3v) is 2.44. The van der Waals surface area contributed by atoms with Crippen molar-refractivity contribution in [1.82, 2.24) is 9.97 Å². The Kier molecular flexibility index (Phi) is 3.80. The van der Waals surface area contributed by atoms with Crippen LogP contribution in [-0.4, -0.2) is 9.97 Å². The minimum Gasteiger partial charge on any atom is -0.436 e. The van der Waals surface area contributed by atoms with E-state index >= 15 is 0 Å². The molecule has 0 aliphatic heterocycles. The van der Waals surface area contributed by atoms with Crippen molar-refractivity contribution >= 4 is 11.6 Å². The molecule has 106 valence electrons. The van der Waals surface area contributed by atoms with Gasteiger partial charge >= 0.3 is 6.18 Å². The number of aromatic nitrogens is 2. The van der Waals surface area contributed by atoms with Crippen molar-refractivity contribution in [2.24, 2.45) is 0 Å². The first-order valence-corrected chi connectivity index (χ1v) is 5.69. The second-order valence-electron chi connectivity index (χ2n) is 3.89. The zero-order chi connectivity index (χ0) is 14.9. The van der Waals surface area contributed by atoms with Gasteiger partial charge in [-0.1, -0.05) is 6.07 Å². The van der Waals surface area contributed by atoms with Gasteiger partial charge in [-0.05, 0) is 36.2 Å². The molecule has 0 atom stereocenters. The highest BCUT2D eigenvalue weighted by atomic mass is 35.5. The Labute approximate surface area is 116 Å². The van der Waals surface area contributed by atoms with Gasteiger partial charge in [0.1, 0.15) is 0 Å². The second-order valence-corrected chi connectivity index (χ2v) is 4.23. The second kappa shape index (κ2) is 5.24. The van der Waals surface area contributed by atoms with E-state index in [2.05, 4.69) is 9.97 Å². The van der Waals surface area contributed by atoms with E-state index in [0.29, 0.717) is 11.6 Å². The molecule has 3 nitrogen and oxygen atoms in total. The molecule has 20 heavy (non-hydrogen) atoms. The Morgan fingerprint density at radius 1 is 1.15 bits per heavy atom. The van der Waals surface area contributed by atoms with Crippen LogP contribution in [0, 0.1) is 12.7 Å². The average molecular weight is 307 g/mol. The van der Waals surface area contributed by atoms with Crippen LogP contribution in [0.5, 0.6) is 11.6 Å². The molecule has 0 unspecified atom stereocenters. The number of halogens is 5. The van der Waals surface area contributed by atoms with Gasteiger partial charge in [-0.2, -0.15) is 18.2 Å². The maximum absolute atomic E-state index is 13.5. The van der Waals surface area contributed by atoms with Gasteiger partial charge in [0.05, 0.1) is 0 Å². The van der Waals surface area contributed by atoms with Crippen LogP contribution < -0.4 is 4.74 Å². The Morgan fingerprint density at radius 2 is 1.85 bits per heavy atom. The lowest BCUT2D eigenvalue weighted by atomic mass is 10.2. The first-order chi connectivity index (χ1) is 9.25. The molecule has 8 heteroatoms. The van der Waals surface area contributed by atoms with Gasteiger partial charge in [0, 0.05) is 6.07 Å². The van der Waals surface area contributed by atoms with Gasteiger partial charge in [0.15, 0.2) is 17.3 Å². The van der Waals surface area contributed by atoms with E-state index in [4.69, 9.17) is 16.3 Å². The number of nitrogens with zero attached hydrogens (tertiary/aromatic N) is 2. The molecule has 2 aromatic rings. The molecule has 0 aliphatic carbocycles. The first kappa shape index (κ1) is 14.5. The van der Waals surface area contributed by atoms with Gasteiger partial charge < -0.3 is 4.74 Å². The van der Waals surface area contributed by atoms with E-state index < -0.39 is 28.9 Å². The summed E-state index contributed by atoms with van der Waals surface area (Å²) in [7, 11) is 0. The van der Waals surface area contributed by atoms with Crippen molar-refractivity contribution in [2.45, 2.75) is 13.1 Å². The first-order valence-electron chi connectivity index (χ1n) is 5.31. The zero-order valence-corrected chi connectivity index (χ0v) is 10.8. The van der Waals surface area contributed by atoms with Crippen LogP contribution in [0.2, 0.25) is 5.28 Å². The largest absolute Gasteiger partial charge is 0.436 e. The van der Waals surface area contributed by atoms with Gasteiger partial charge in [-0.15, -0.1) is 0 Å². The van der Waals surface area contributed by atoms with Crippen LogP contribution >= 0.6 is 11.6 Å². The molecule has 0 radical (unpaired) electrons. The lowest BCUT2D eigenvalue weighted by Gasteiger charge is -2.10. The van der Waals surface area contributed by atoms with Crippen LogP contribution in [0.15, 0.2) is 24.3 Å².